The monoisotopic (exact) mass is 258 g/mol. The highest BCUT2D eigenvalue weighted by atomic mass is 19.1. The van der Waals surface area contributed by atoms with Crippen LogP contribution in [0.5, 0.6) is 0 Å². The van der Waals surface area contributed by atoms with Gasteiger partial charge in [-0.15, -0.1) is 0 Å². The zero-order chi connectivity index (χ0) is 13.7. The van der Waals surface area contributed by atoms with Gasteiger partial charge < -0.3 is 4.74 Å². The molecule has 18 heavy (non-hydrogen) atoms. The molecule has 3 nitrogen and oxygen atoms in total. The van der Waals surface area contributed by atoms with Gasteiger partial charge in [-0.2, -0.15) is 0 Å². The quantitative estimate of drug-likeness (QED) is 0.606. The molecule has 0 amide bonds. The summed E-state index contributed by atoms with van der Waals surface area (Å²) >= 11 is 0. The Bertz CT molecular complexity index is 365. The predicted octanol–water partition coefficient (Wildman–Crippen LogP) is 2.01. The van der Waals surface area contributed by atoms with E-state index in [-0.39, 0.29) is 30.0 Å². The first-order chi connectivity index (χ1) is 8.51. The first kappa shape index (κ1) is 15.0. The van der Waals surface area contributed by atoms with E-state index in [0.29, 0.717) is 0 Å². The first-order valence-electron chi connectivity index (χ1n) is 5.93. The Kier molecular flexibility index (Phi) is 5.65. The van der Waals surface area contributed by atoms with Crippen LogP contribution in [0.15, 0.2) is 18.2 Å². The van der Waals surface area contributed by atoms with Crippen molar-refractivity contribution in [2.45, 2.75) is 32.4 Å². The highest BCUT2D eigenvalue weighted by Gasteiger charge is 2.25. The third kappa shape index (κ3) is 3.48. The summed E-state index contributed by atoms with van der Waals surface area (Å²) in [5.74, 6) is 4.52. The van der Waals surface area contributed by atoms with Crippen molar-refractivity contribution in [3.8, 4) is 0 Å². The average molecular weight is 258 g/mol. The third-order valence-corrected chi connectivity index (χ3v) is 3.03. The van der Waals surface area contributed by atoms with E-state index < -0.39 is 11.6 Å². The Balaban J connectivity index is 2.92. The number of hydrazine groups is 1. The summed E-state index contributed by atoms with van der Waals surface area (Å²) in [7, 11) is 1.56. The van der Waals surface area contributed by atoms with E-state index in [9.17, 15) is 8.78 Å². The van der Waals surface area contributed by atoms with Crippen LogP contribution in [0.3, 0.4) is 0 Å². The van der Waals surface area contributed by atoms with Crippen molar-refractivity contribution in [3.63, 3.8) is 0 Å². The molecule has 3 N–H and O–H groups in total. The summed E-state index contributed by atoms with van der Waals surface area (Å²) in [6, 6.07) is 3.48. The predicted molar refractivity (Wildman–Crippen MR) is 66.8 cm³/mol. The lowest BCUT2D eigenvalue weighted by atomic mass is 9.94. The molecule has 0 spiro atoms. The summed E-state index contributed by atoms with van der Waals surface area (Å²) in [5.41, 5.74) is 2.61. The van der Waals surface area contributed by atoms with Gasteiger partial charge in [-0.25, -0.2) is 8.78 Å². The Labute approximate surface area is 106 Å². The van der Waals surface area contributed by atoms with Crippen LogP contribution in [-0.2, 0) is 11.2 Å². The van der Waals surface area contributed by atoms with Crippen molar-refractivity contribution in [1.82, 2.24) is 5.43 Å². The van der Waals surface area contributed by atoms with Crippen molar-refractivity contribution >= 4 is 0 Å². The average Bonchev–Trinajstić information content (AvgIpc) is 2.32. The largest absolute Gasteiger partial charge is 0.380 e. The van der Waals surface area contributed by atoms with Crippen molar-refractivity contribution in [2.24, 2.45) is 11.8 Å². The maximum atomic E-state index is 13.6. The van der Waals surface area contributed by atoms with Gasteiger partial charge in [0.25, 0.3) is 0 Å². The van der Waals surface area contributed by atoms with Crippen LogP contribution in [0, 0.1) is 17.6 Å². The fraction of sp³-hybridized carbons (Fsp3) is 0.538. The minimum atomic E-state index is -0.561. The molecule has 0 aromatic heterocycles. The fourth-order valence-corrected chi connectivity index (χ4v) is 2.12. The molecule has 0 fully saturated rings. The summed E-state index contributed by atoms with van der Waals surface area (Å²) in [4.78, 5) is 0. The zero-order valence-electron chi connectivity index (χ0n) is 10.9. The number of halogens is 2. The van der Waals surface area contributed by atoms with Crippen LogP contribution in [-0.4, -0.2) is 19.3 Å². The fourth-order valence-electron chi connectivity index (χ4n) is 2.12. The van der Waals surface area contributed by atoms with Crippen LogP contribution < -0.4 is 11.3 Å². The van der Waals surface area contributed by atoms with Crippen molar-refractivity contribution < 1.29 is 13.5 Å². The second kappa shape index (κ2) is 6.78. The van der Waals surface area contributed by atoms with Crippen LogP contribution in [0.2, 0.25) is 0 Å². The normalized spacial score (nSPS) is 14.8. The van der Waals surface area contributed by atoms with E-state index in [0.717, 1.165) is 0 Å². The van der Waals surface area contributed by atoms with Crippen molar-refractivity contribution in [3.05, 3.63) is 35.4 Å². The van der Waals surface area contributed by atoms with Gasteiger partial charge in [0.2, 0.25) is 0 Å². The molecular formula is C13H20F2N2O. The van der Waals surface area contributed by atoms with E-state index >= 15 is 0 Å². The summed E-state index contributed by atoms with van der Waals surface area (Å²) in [6.45, 7) is 3.94. The molecule has 5 heteroatoms. The van der Waals surface area contributed by atoms with E-state index in [1.54, 1.807) is 7.11 Å². The molecule has 0 bridgehead atoms. The van der Waals surface area contributed by atoms with Gasteiger partial charge in [0, 0.05) is 12.7 Å². The molecule has 0 radical (unpaired) electrons. The molecule has 102 valence electrons. The third-order valence-electron chi connectivity index (χ3n) is 3.03. The minimum absolute atomic E-state index is 0.0307. The molecule has 2 unspecified atom stereocenters. The van der Waals surface area contributed by atoms with Crippen LogP contribution in [0.25, 0.3) is 0 Å². The number of benzene rings is 1. The highest BCUT2D eigenvalue weighted by Crippen LogP contribution is 2.18. The Morgan fingerprint density at radius 2 is 1.83 bits per heavy atom. The summed E-state index contributed by atoms with van der Waals surface area (Å²) < 4.78 is 32.5. The van der Waals surface area contributed by atoms with E-state index in [1.165, 1.54) is 18.2 Å². The molecule has 0 heterocycles. The van der Waals surface area contributed by atoms with Gasteiger partial charge >= 0.3 is 0 Å². The number of nitrogens with two attached hydrogens (primary N) is 1. The Hall–Kier alpha value is -1.04. The topological polar surface area (TPSA) is 47.3 Å². The van der Waals surface area contributed by atoms with Gasteiger partial charge in [-0.05, 0) is 24.5 Å². The molecule has 1 rings (SSSR count). The van der Waals surface area contributed by atoms with Crippen molar-refractivity contribution in [1.29, 1.82) is 0 Å². The number of nitrogens with one attached hydrogen (secondary N) is 1. The zero-order valence-corrected chi connectivity index (χ0v) is 10.9. The summed E-state index contributed by atoms with van der Waals surface area (Å²) in [6.07, 6.45) is -0.0693. The molecule has 1 aromatic carbocycles. The first-order valence-corrected chi connectivity index (χ1v) is 5.93. The lowest BCUT2D eigenvalue weighted by Gasteiger charge is -2.28. The second-order valence-corrected chi connectivity index (χ2v) is 4.62. The van der Waals surface area contributed by atoms with Gasteiger partial charge in [0.1, 0.15) is 11.6 Å². The smallest absolute Gasteiger partial charge is 0.129 e. The molecule has 2 atom stereocenters. The number of methoxy groups -OCH3 is 1. The molecule has 0 aliphatic rings. The van der Waals surface area contributed by atoms with Gasteiger partial charge in [0.05, 0.1) is 12.1 Å². The number of rotatable bonds is 6. The minimum Gasteiger partial charge on any atom is -0.380 e. The molecule has 0 saturated carbocycles. The number of ether oxygens (including phenoxy) is 1. The standard InChI is InChI=1S/C13H20F2N2O/c1-8(2)13(18-3)12(17-16)7-9-10(14)5-4-6-11(9)15/h4-6,8,12-13,17H,7,16H2,1-3H3. The molecular weight excluding hydrogens is 238 g/mol. The maximum absolute atomic E-state index is 13.6. The van der Waals surface area contributed by atoms with E-state index in [2.05, 4.69) is 5.43 Å². The maximum Gasteiger partial charge on any atom is 0.129 e. The SMILES string of the molecule is COC(C(C)C)C(Cc1c(F)cccc1F)NN. The van der Waals surface area contributed by atoms with E-state index in [4.69, 9.17) is 10.6 Å². The van der Waals surface area contributed by atoms with Gasteiger partial charge in [0.15, 0.2) is 0 Å². The number of hydrogen-bond acceptors (Lipinski definition) is 3. The molecule has 0 aliphatic heterocycles. The van der Waals surface area contributed by atoms with Gasteiger partial charge in [-0.1, -0.05) is 19.9 Å². The van der Waals surface area contributed by atoms with Crippen molar-refractivity contribution in [2.75, 3.05) is 7.11 Å². The summed E-state index contributed by atoms with van der Waals surface area (Å²) in [5, 5.41) is 0. The van der Waals surface area contributed by atoms with E-state index in [1.807, 2.05) is 13.8 Å². The molecule has 0 saturated heterocycles. The highest BCUT2D eigenvalue weighted by molar-refractivity contribution is 5.21. The van der Waals surface area contributed by atoms with Crippen LogP contribution in [0.4, 0.5) is 8.78 Å². The van der Waals surface area contributed by atoms with Crippen LogP contribution in [0.1, 0.15) is 19.4 Å². The van der Waals surface area contributed by atoms with Gasteiger partial charge in [-0.3, -0.25) is 11.3 Å². The lowest BCUT2D eigenvalue weighted by Crippen LogP contribution is -2.48. The Morgan fingerprint density at radius 1 is 1.28 bits per heavy atom. The number of hydrogen-bond donors (Lipinski definition) is 2. The van der Waals surface area contributed by atoms with Crippen LogP contribution >= 0.6 is 0 Å². The molecule has 1 aromatic rings. The lowest BCUT2D eigenvalue weighted by molar-refractivity contribution is 0.0328. The Morgan fingerprint density at radius 3 is 2.22 bits per heavy atom. The second-order valence-electron chi connectivity index (χ2n) is 4.62. The molecule has 0 aliphatic carbocycles.